The first-order valence-electron chi connectivity index (χ1n) is 5.36. The van der Waals surface area contributed by atoms with Gasteiger partial charge in [0, 0.05) is 10.6 Å². The average molecular weight is 285 g/mol. The lowest BCUT2D eigenvalue weighted by atomic mass is 9.98. The third kappa shape index (κ3) is 2.36. The first-order valence-corrected chi connectivity index (χ1v) is 5.74. The van der Waals surface area contributed by atoms with Crippen LogP contribution in [0.4, 0.5) is 13.2 Å². The van der Waals surface area contributed by atoms with Crippen LogP contribution in [0.5, 0.6) is 0 Å². The van der Waals surface area contributed by atoms with E-state index in [9.17, 15) is 18.0 Å². The van der Waals surface area contributed by atoms with Crippen molar-refractivity contribution in [2.75, 3.05) is 0 Å². The largest absolute Gasteiger partial charge is 0.288 e. The van der Waals surface area contributed by atoms with E-state index in [-0.39, 0.29) is 5.56 Å². The van der Waals surface area contributed by atoms with Gasteiger partial charge < -0.3 is 0 Å². The number of rotatable bonds is 2. The van der Waals surface area contributed by atoms with E-state index in [1.165, 1.54) is 12.1 Å². The number of benzene rings is 2. The van der Waals surface area contributed by atoms with Crippen molar-refractivity contribution >= 4 is 17.4 Å². The Morgan fingerprint density at radius 1 is 1.00 bits per heavy atom. The molecular weight excluding hydrogens is 277 g/mol. The van der Waals surface area contributed by atoms with Crippen molar-refractivity contribution in [2.45, 2.75) is 6.92 Å². The van der Waals surface area contributed by atoms with E-state index >= 15 is 0 Å². The van der Waals surface area contributed by atoms with Crippen LogP contribution >= 0.6 is 11.6 Å². The number of ketones is 1. The topological polar surface area (TPSA) is 17.1 Å². The summed E-state index contributed by atoms with van der Waals surface area (Å²) in [6.45, 7) is 1.59. The Morgan fingerprint density at radius 3 is 2.37 bits per heavy atom. The molecule has 2 aromatic rings. The monoisotopic (exact) mass is 284 g/mol. The van der Waals surface area contributed by atoms with Gasteiger partial charge in [-0.3, -0.25) is 4.79 Å². The number of carbonyl (C=O) groups is 1. The van der Waals surface area contributed by atoms with Gasteiger partial charge in [-0.2, -0.15) is 0 Å². The molecule has 2 rings (SSSR count). The van der Waals surface area contributed by atoms with E-state index < -0.39 is 28.8 Å². The van der Waals surface area contributed by atoms with Gasteiger partial charge in [0.15, 0.2) is 23.2 Å². The zero-order chi connectivity index (χ0) is 14.2. The summed E-state index contributed by atoms with van der Waals surface area (Å²) in [5, 5.41) is 0.342. The fourth-order valence-corrected chi connectivity index (χ4v) is 1.87. The predicted molar refractivity (Wildman–Crippen MR) is 65.9 cm³/mol. The molecule has 0 bridgehead atoms. The van der Waals surface area contributed by atoms with Gasteiger partial charge in [0.25, 0.3) is 0 Å². The Balaban J connectivity index is 2.57. The van der Waals surface area contributed by atoms with E-state index in [1.807, 2.05) is 0 Å². The lowest BCUT2D eigenvalue weighted by Gasteiger charge is -2.08. The molecule has 0 saturated heterocycles. The summed E-state index contributed by atoms with van der Waals surface area (Å²) in [7, 11) is 0. The van der Waals surface area contributed by atoms with Crippen LogP contribution in [0.25, 0.3) is 0 Å². The summed E-state index contributed by atoms with van der Waals surface area (Å²) >= 11 is 5.86. The van der Waals surface area contributed by atoms with Crippen LogP contribution in [0.3, 0.4) is 0 Å². The maximum Gasteiger partial charge on any atom is 0.196 e. The van der Waals surface area contributed by atoms with Gasteiger partial charge in [-0.1, -0.05) is 23.7 Å². The molecule has 2 aromatic carbocycles. The second-order valence-electron chi connectivity index (χ2n) is 3.96. The number of hydrogen-bond acceptors (Lipinski definition) is 1. The van der Waals surface area contributed by atoms with Crippen molar-refractivity contribution in [1.82, 2.24) is 0 Å². The second-order valence-corrected chi connectivity index (χ2v) is 4.37. The van der Waals surface area contributed by atoms with Gasteiger partial charge in [-0.15, -0.1) is 0 Å². The molecular formula is C14H8ClF3O. The molecule has 0 amide bonds. The summed E-state index contributed by atoms with van der Waals surface area (Å²) in [5.74, 6) is -5.23. The zero-order valence-corrected chi connectivity index (χ0v) is 10.6. The van der Waals surface area contributed by atoms with E-state index in [4.69, 9.17) is 11.6 Å². The van der Waals surface area contributed by atoms with Crippen molar-refractivity contribution in [1.29, 1.82) is 0 Å². The summed E-state index contributed by atoms with van der Waals surface area (Å²) in [6.07, 6.45) is 0. The lowest BCUT2D eigenvalue weighted by Crippen LogP contribution is -2.09. The van der Waals surface area contributed by atoms with Crippen molar-refractivity contribution in [3.8, 4) is 0 Å². The lowest BCUT2D eigenvalue weighted by molar-refractivity contribution is 0.103. The van der Waals surface area contributed by atoms with Crippen LogP contribution in [0.15, 0.2) is 30.3 Å². The normalized spacial score (nSPS) is 10.6. The summed E-state index contributed by atoms with van der Waals surface area (Å²) in [4.78, 5) is 12.1. The van der Waals surface area contributed by atoms with E-state index in [2.05, 4.69) is 0 Å². The predicted octanol–water partition coefficient (Wildman–Crippen LogP) is 4.30. The highest BCUT2D eigenvalue weighted by Gasteiger charge is 2.21. The third-order valence-corrected chi connectivity index (χ3v) is 3.20. The Hall–Kier alpha value is -1.81. The van der Waals surface area contributed by atoms with Crippen LogP contribution in [-0.2, 0) is 0 Å². The molecule has 0 atom stereocenters. The molecule has 1 nitrogen and oxygen atoms in total. The second kappa shape index (κ2) is 5.05. The highest BCUT2D eigenvalue weighted by Crippen LogP contribution is 2.24. The fraction of sp³-hybridized carbons (Fsp3) is 0.0714. The molecule has 19 heavy (non-hydrogen) atoms. The van der Waals surface area contributed by atoms with Crippen LogP contribution in [0.2, 0.25) is 5.02 Å². The third-order valence-electron chi connectivity index (χ3n) is 2.79. The quantitative estimate of drug-likeness (QED) is 0.594. The van der Waals surface area contributed by atoms with E-state index in [0.717, 1.165) is 6.07 Å². The van der Waals surface area contributed by atoms with E-state index in [0.29, 0.717) is 16.7 Å². The minimum atomic E-state index is -1.66. The Labute approximate surface area is 112 Å². The molecule has 98 valence electrons. The standard InChI is InChI=1S/C14H8ClF3O/c1-7-8(3-2-4-10(7)15)14(19)9-5-6-11(16)13(18)12(9)17/h2-6H,1H3. The van der Waals surface area contributed by atoms with Crippen molar-refractivity contribution in [3.63, 3.8) is 0 Å². The fourth-order valence-electron chi connectivity index (χ4n) is 1.70. The van der Waals surface area contributed by atoms with E-state index in [1.54, 1.807) is 13.0 Å². The molecule has 5 heteroatoms. The smallest absolute Gasteiger partial charge is 0.196 e. The molecule has 0 aromatic heterocycles. The highest BCUT2D eigenvalue weighted by molar-refractivity contribution is 6.32. The van der Waals surface area contributed by atoms with Gasteiger partial charge in [-0.25, -0.2) is 13.2 Å². The number of hydrogen-bond donors (Lipinski definition) is 0. The molecule has 0 aliphatic carbocycles. The summed E-state index contributed by atoms with van der Waals surface area (Å²) < 4.78 is 39.5. The van der Waals surface area contributed by atoms with Crippen molar-refractivity contribution in [2.24, 2.45) is 0 Å². The zero-order valence-electron chi connectivity index (χ0n) is 9.81. The Morgan fingerprint density at radius 2 is 1.68 bits per heavy atom. The van der Waals surface area contributed by atoms with Crippen LogP contribution in [0, 0.1) is 24.4 Å². The Bertz CT molecular complexity index is 668. The maximum absolute atomic E-state index is 13.6. The van der Waals surface area contributed by atoms with Gasteiger partial charge in [0.05, 0.1) is 5.56 Å². The molecule has 0 unspecified atom stereocenters. The average Bonchev–Trinajstić information content (AvgIpc) is 2.39. The van der Waals surface area contributed by atoms with Crippen LogP contribution < -0.4 is 0 Å². The molecule has 0 heterocycles. The molecule has 0 N–H and O–H groups in total. The molecule has 0 aliphatic heterocycles. The summed E-state index contributed by atoms with van der Waals surface area (Å²) in [6, 6.07) is 6.18. The maximum atomic E-state index is 13.6. The first kappa shape index (κ1) is 13.6. The molecule has 0 saturated carbocycles. The molecule has 0 spiro atoms. The number of carbonyl (C=O) groups excluding carboxylic acids is 1. The minimum absolute atomic E-state index is 0.150. The van der Waals surface area contributed by atoms with Crippen molar-refractivity contribution in [3.05, 3.63) is 69.5 Å². The highest BCUT2D eigenvalue weighted by atomic mass is 35.5. The van der Waals surface area contributed by atoms with Gasteiger partial charge in [0.1, 0.15) is 0 Å². The number of halogens is 4. The first-order chi connectivity index (χ1) is 8.93. The minimum Gasteiger partial charge on any atom is -0.288 e. The van der Waals surface area contributed by atoms with Crippen LogP contribution in [-0.4, -0.2) is 5.78 Å². The van der Waals surface area contributed by atoms with Gasteiger partial charge in [0.2, 0.25) is 0 Å². The van der Waals surface area contributed by atoms with Crippen LogP contribution in [0.1, 0.15) is 21.5 Å². The molecule has 0 aliphatic rings. The summed E-state index contributed by atoms with van der Waals surface area (Å²) in [5.41, 5.74) is 0.0833. The molecule has 0 radical (unpaired) electrons. The Kier molecular flexibility index (Phi) is 3.62. The van der Waals surface area contributed by atoms with Gasteiger partial charge in [-0.05, 0) is 30.7 Å². The SMILES string of the molecule is Cc1c(Cl)cccc1C(=O)c1ccc(F)c(F)c1F. The van der Waals surface area contributed by atoms with Crippen molar-refractivity contribution < 1.29 is 18.0 Å². The molecule has 0 fully saturated rings. The van der Waals surface area contributed by atoms with Gasteiger partial charge >= 0.3 is 0 Å².